The van der Waals surface area contributed by atoms with Crippen molar-refractivity contribution in [2.45, 2.75) is 32.7 Å². The van der Waals surface area contributed by atoms with Crippen LogP contribution in [0.15, 0.2) is 18.2 Å². The number of hydrogen-bond donors (Lipinski definition) is 2. The maximum atomic E-state index is 5.92. The molecule has 0 aliphatic rings. The van der Waals surface area contributed by atoms with Crippen LogP contribution >= 0.6 is 35.4 Å². The first-order valence-electron chi connectivity index (χ1n) is 5.59. The van der Waals surface area contributed by atoms with Gasteiger partial charge in [-0.15, -0.1) is 0 Å². The highest BCUT2D eigenvalue weighted by atomic mass is 35.5. The molecule has 5 heteroatoms. The maximum absolute atomic E-state index is 5.92. The number of anilines is 1. The summed E-state index contributed by atoms with van der Waals surface area (Å²) in [5.74, 6) is 0. The monoisotopic (exact) mass is 290 g/mol. The minimum Gasteiger partial charge on any atom is -0.360 e. The van der Waals surface area contributed by atoms with Gasteiger partial charge in [0.25, 0.3) is 0 Å². The highest BCUT2D eigenvalue weighted by molar-refractivity contribution is 7.80. The molecule has 17 heavy (non-hydrogen) atoms. The van der Waals surface area contributed by atoms with Gasteiger partial charge in [0.15, 0.2) is 5.11 Å². The molecule has 0 amide bonds. The summed E-state index contributed by atoms with van der Waals surface area (Å²) >= 11 is 17.0. The van der Waals surface area contributed by atoms with Gasteiger partial charge in [0.1, 0.15) is 0 Å². The van der Waals surface area contributed by atoms with Crippen LogP contribution in [0.2, 0.25) is 10.0 Å². The second-order valence-electron chi connectivity index (χ2n) is 3.74. The molecule has 0 radical (unpaired) electrons. The van der Waals surface area contributed by atoms with Crippen molar-refractivity contribution in [1.82, 2.24) is 5.32 Å². The summed E-state index contributed by atoms with van der Waals surface area (Å²) in [7, 11) is 0. The van der Waals surface area contributed by atoms with Crippen LogP contribution in [0.1, 0.15) is 26.7 Å². The Balaban J connectivity index is 2.58. The van der Waals surface area contributed by atoms with Crippen molar-refractivity contribution in [3.8, 4) is 0 Å². The summed E-state index contributed by atoms with van der Waals surface area (Å²) in [6.07, 6.45) is 2.08. The summed E-state index contributed by atoms with van der Waals surface area (Å²) in [5, 5.41) is 7.99. The molecule has 0 unspecified atom stereocenters. The van der Waals surface area contributed by atoms with Crippen LogP contribution in [0.4, 0.5) is 5.69 Å². The lowest BCUT2D eigenvalue weighted by molar-refractivity contribution is 0.573. The molecule has 0 aliphatic carbocycles. The largest absolute Gasteiger partial charge is 0.360 e. The summed E-state index contributed by atoms with van der Waals surface area (Å²) in [6, 6.07) is 5.74. The van der Waals surface area contributed by atoms with Crippen molar-refractivity contribution in [2.75, 3.05) is 5.32 Å². The number of hydrogen-bond acceptors (Lipinski definition) is 1. The normalized spacial score (nSPS) is 10.4. The van der Waals surface area contributed by atoms with Crippen LogP contribution in [-0.2, 0) is 0 Å². The van der Waals surface area contributed by atoms with E-state index in [9.17, 15) is 0 Å². The Morgan fingerprint density at radius 2 is 1.88 bits per heavy atom. The van der Waals surface area contributed by atoms with Crippen LogP contribution < -0.4 is 10.6 Å². The van der Waals surface area contributed by atoms with Gasteiger partial charge in [0.05, 0.1) is 10.0 Å². The topological polar surface area (TPSA) is 24.1 Å². The molecule has 1 aromatic rings. The Labute approximate surface area is 118 Å². The maximum Gasteiger partial charge on any atom is 0.170 e. The molecular weight excluding hydrogens is 275 g/mol. The average Bonchev–Trinajstić information content (AvgIpc) is 2.31. The molecule has 0 aliphatic heterocycles. The van der Waals surface area contributed by atoms with Crippen molar-refractivity contribution in [2.24, 2.45) is 0 Å². The van der Waals surface area contributed by atoms with Gasteiger partial charge >= 0.3 is 0 Å². The fourth-order valence-corrected chi connectivity index (χ4v) is 2.00. The number of thiocarbonyl (C=S) groups is 1. The Morgan fingerprint density at radius 1 is 1.24 bits per heavy atom. The number of nitrogens with one attached hydrogen (secondary N) is 2. The summed E-state index contributed by atoms with van der Waals surface area (Å²) in [5.41, 5.74) is 0.836. The van der Waals surface area contributed by atoms with E-state index in [-0.39, 0.29) is 0 Å². The second-order valence-corrected chi connectivity index (χ2v) is 4.96. The van der Waals surface area contributed by atoms with E-state index in [2.05, 4.69) is 24.5 Å². The van der Waals surface area contributed by atoms with Crippen molar-refractivity contribution in [3.05, 3.63) is 28.2 Å². The first-order valence-corrected chi connectivity index (χ1v) is 6.75. The number of rotatable bonds is 4. The van der Waals surface area contributed by atoms with Crippen LogP contribution in [0.25, 0.3) is 0 Å². The third-order valence-electron chi connectivity index (χ3n) is 2.50. The molecule has 0 heterocycles. The average molecular weight is 291 g/mol. The van der Waals surface area contributed by atoms with E-state index in [4.69, 9.17) is 35.4 Å². The predicted octanol–water partition coefficient (Wildman–Crippen LogP) is 4.47. The lowest BCUT2D eigenvalue weighted by atomic mass is 10.2. The second kappa shape index (κ2) is 7.04. The Hall–Kier alpha value is -0.510. The predicted molar refractivity (Wildman–Crippen MR) is 80.2 cm³/mol. The van der Waals surface area contributed by atoms with Gasteiger partial charge < -0.3 is 10.6 Å². The zero-order chi connectivity index (χ0) is 12.8. The minimum absolute atomic E-state index is 0.401. The zero-order valence-electron chi connectivity index (χ0n) is 9.89. The van der Waals surface area contributed by atoms with E-state index < -0.39 is 0 Å². The van der Waals surface area contributed by atoms with E-state index in [0.717, 1.165) is 18.5 Å². The smallest absolute Gasteiger partial charge is 0.170 e. The fraction of sp³-hybridized carbons (Fsp3) is 0.417. The SMILES string of the molecule is CCC(CC)NC(=S)Nc1ccc(Cl)c(Cl)c1. The van der Waals surface area contributed by atoms with Crippen molar-refractivity contribution in [1.29, 1.82) is 0 Å². The van der Waals surface area contributed by atoms with Gasteiger partial charge in [-0.05, 0) is 43.3 Å². The summed E-state index contributed by atoms with van der Waals surface area (Å²) < 4.78 is 0. The zero-order valence-corrected chi connectivity index (χ0v) is 12.2. The Bertz CT molecular complexity index is 392. The summed E-state index contributed by atoms with van der Waals surface area (Å²) in [4.78, 5) is 0. The number of halogens is 2. The lowest BCUT2D eigenvalue weighted by Crippen LogP contribution is -2.36. The molecule has 0 saturated heterocycles. The molecule has 2 N–H and O–H groups in total. The molecule has 0 fully saturated rings. The third kappa shape index (κ3) is 4.70. The molecule has 0 saturated carbocycles. The first kappa shape index (κ1) is 14.6. The van der Waals surface area contributed by atoms with E-state index in [0.29, 0.717) is 21.2 Å². The minimum atomic E-state index is 0.401. The van der Waals surface area contributed by atoms with E-state index in [1.165, 1.54) is 0 Å². The molecule has 0 atom stereocenters. The molecule has 94 valence electrons. The summed E-state index contributed by atoms with van der Waals surface area (Å²) in [6.45, 7) is 4.26. The van der Waals surface area contributed by atoms with Gasteiger partial charge in [0, 0.05) is 11.7 Å². The van der Waals surface area contributed by atoms with Crippen LogP contribution in [0.5, 0.6) is 0 Å². The standard InChI is InChI=1S/C12H16Cl2N2S/c1-3-8(4-2)15-12(17)16-9-5-6-10(13)11(14)7-9/h5-8H,3-4H2,1-2H3,(H2,15,16,17). The quantitative estimate of drug-likeness (QED) is 0.800. The van der Waals surface area contributed by atoms with Gasteiger partial charge in [0.2, 0.25) is 0 Å². The number of benzene rings is 1. The van der Waals surface area contributed by atoms with Crippen molar-refractivity contribution < 1.29 is 0 Å². The van der Waals surface area contributed by atoms with E-state index in [1.54, 1.807) is 12.1 Å². The molecule has 0 aromatic heterocycles. The van der Waals surface area contributed by atoms with Crippen LogP contribution in [0, 0.1) is 0 Å². The fourth-order valence-electron chi connectivity index (χ4n) is 1.42. The highest BCUT2D eigenvalue weighted by Gasteiger charge is 2.06. The molecule has 1 aromatic carbocycles. The van der Waals surface area contributed by atoms with E-state index >= 15 is 0 Å². The van der Waals surface area contributed by atoms with Crippen molar-refractivity contribution in [3.63, 3.8) is 0 Å². The third-order valence-corrected chi connectivity index (χ3v) is 3.46. The van der Waals surface area contributed by atoms with Crippen LogP contribution in [0.3, 0.4) is 0 Å². The molecule has 2 nitrogen and oxygen atoms in total. The van der Waals surface area contributed by atoms with Gasteiger partial charge in [-0.3, -0.25) is 0 Å². The van der Waals surface area contributed by atoms with Gasteiger partial charge in [-0.25, -0.2) is 0 Å². The van der Waals surface area contributed by atoms with Crippen molar-refractivity contribution >= 4 is 46.2 Å². The van der Waals surface area contributed by atoms with E-state index in [1.807, 2.05) is 6.07 Å². The van der Waals surface area contributed by atoms with Gasteiger partial charge in [-0.1, -0.05) is 37.0 Å². The molecule has 0 bridgehead atoms. The van der Waals surface area contributed by atoms with Gasteiger partial charge in [-0.2, -0.15) is 0 Å². The molecule has 0 spiro atoms. The highest BCUT2D eigenvalue weighted by Crippen LogP contribution is 2.24. The Morgan fingerprint density at radius 3 is 2.41 bits per heavy atom. The Kier molecular flexibility index (Phi) is 6.03. The molecular formula is C12H16Cl2N2S. The van der Waals surface area contributed by atoms with Crippen LogP contribution in [-0.4, -0.2) is 11.2 Å². The lowest BCUT2D eigenvalue weighted by Gasteiger charge is -2.18. The molecule has 1 rings (SSSR count). The first-order chi connectivity index (χ1) is 8.06.